The average molecular weight is 309 g/mol. The number of aromatic nitrogens is 2. The third kappa shape index (κ3) is 2.53. The van der Waals surface area contributed by atoms with Crippen LogP contribution in [0.1, 0.15) is 19.4 Å². The van der Waals surface area contributed by atoms with Gasteiger partial charge in [0, 0.05) is 18.3 Å². The topological polar surface area (TPSA) is 58.7 Å². The van der Waals surface area contributed by atoms with Crippen LogP contribution in [0, 0.1) is 17.2 Å². The highest BCUT2D eigenvalue weighted by Gasteiger charge is 2.12. The lowest BCUT2D eigenvalue weighted by Crippen LogP contribution is -2.15. The van der Waals surface area contributed by atoms with Crippen molar-refractivity contribution in [3.8, 4) is 17.3 Å². The molecule has 0 amide bonds. The number of rotatable bonds is 3. The highest BCUT2D eigenvalue weighted by Crippen LogP contribution is 2.27. The molecule has 0 aliphatic carbocycles. The van der Waals surface area contributed by atoms with Crippen LogP contribution in [0.15, 0.2) is 41.3 Å². The van der Waals surface area contributed by atoms with Gasteiger partial charge in [0.2, 0.25) is 0 Å². The average Bonchev–Trinajstić information content (AvgIpc) is 2.82. The fraction of sp³-hybridized carbons (Fsp3) is 0.235. The Hall–Kier alpha value is -2.45. The lowest BCUT2D eigenvalue weighted by atomic mass is 10.1. The van der Waals surface area contributed by atoms with Crippen molar-refractivity contribution in [1.29, 1.82) is 5.26 Å². The number of benzene rings is 1. The van der Waals surface area contributed by atoms with Crippen LogP contribution in [0.2, 0.25) is 0 Å². The van der Waals surface area contributed by atoms with Crippen LogP contribution in [-0.4, -0.2) is 9.55 Å². The first-order valence-electron chi connectivity index (χ1n) is 7.09. The Morgan fingerprint density at radius 2 is 2.18 bits per heavy atom. The van der Waals surface area contributed by atoms with Gasteiger partial charge in [0.1, 0.15) is 6.07 Å². The molecule has 0 aliphatic rings. The second kappa shape index (κ2) is 5.74. The van der Waals surface area contributed by atoms with Gasteiger partial charge >= 0.3 is 4.87 Å². The normalized spacial score (nSPS) is 11.0. The minimum atomic E-state index is 0.0578. The summed E-state index contributed by atoms with van der Waals surface area (Å²) in [5, 5.41) is 9.20. The molecule has 3 aromatic rings. The molecular formula is C17H15N3OS. The first-order valence-corrected chi connectivity index (χ1v) is 7.90. The summed E-state index contributed by atoms with van der Waals surface area (Å²) >= 11 is 1.24. The van der Waals surface area contributed by atoms with Gasteiger partial charge in [-0.25, -0.2) is 0 Å². The molecule has 1 aromatic carbocycles. The van der Waals surface area contributed by atoms with Crippen LogP contribution in [0.3, 0.4) is 0 Å². The van der Waals surface area contributed by atoms with E-state index < -0.39 is 0 Å². The molecule has 0 saturated heterocycles. The molecule has 2 aromatic heterocycles. The number of nitriles is 1. The quantitative estimate of drug-likeness (QED) is 0.742. The maximum atomic E-state index is 12.2. The smallest absolute Gasteiger partial charge is 0.298 e. The molecule has 0 aliphatic heterocycles. The minimum absolute atomic E-state index is 0.0578. The summed E-state index contributed by atoms with van der Waals surface area (Å²) in [6.07, 6.45) is 1.67. The molecule has 0 unspecified atom stereocenters. The van der Waals surface area contributed by atoms with Gasteiger partial charge in [0.05, 0.1) is 21.5 Å². The number of thiazole rings is 1. The monoisotopic (exact) mass is 309 g/mol. The summed E-state index contributed by atoms with van der Waals surface area (Å²) in [4.78, 5) is 16.5. The summed E-state index contributed by atoms with van der Waals surface area (Å²) in [5.41, 5.74) is 3.00. The van der Waals surface area contributed by atoms with Crippen molar-refractivity contribution < 1.29 is 0 Å². The molecule has 0 saturated carbocycles. The minimum Gasteiger partial charge on any atom is -0.298 e. The lowest BCUT2D eigenvalue weighted by molar-refractivity contribution is 0.529. The summed E-state index contributed by atoms with van der Waals surface area (Å²) in [6, 6.07) is 11.5. The van der Waals surface area contributed by atoms with Crippen LogP contribution in [-0.2, 0) is 6.54 Å². The van der Waals surface area contributed by atoms with Crippen molar-refractivity contribution >= 4 is 21.6 Å². The molecule has 5 heteroatoms. The molecule has 0 N–H and O–H groups in total. The summed E-state index contributed by atoms with van der Waals surface area (Å²) in [6.45, 7) is 4.90. The van der Waals surface area contributed by atoms with Crippen LogP contribution < -0.4 is 4.87 Å². The number of nitrogens with zero attached hydrogens (tertiary/aromatic N) is 3. The van der Waals surface area contributed by atoms with Crippen molar-refractivity contribution in [3.05, 3.63) is 51.8 Å². The predicted octanol–water partition coefficient (Wildman–Crippen LogP) is 3.65. The van der Waals surface area contributed by atoms with E-state index in [9.17, 15) is 10.1 Å². The van der Waals surface area contributed by atoms with Gasteiger partial charge in [-0.05, 0) is 30.2 Å². The van der Waals surface area contributed by atoms with E-state index in [0.717, 1.165) is 15.8 Å². The Morgan fingerprint density at radius 3 is 2.91 bits per heavy atom. The summed E-state index contributed by atoms with van der Waals surface area (Å²) < 4.78 is 2.75. The van der Waals surface area contributed by atoms with Gasteiger partial charge in [0.15, 0.2) is 0 Å². The maximum Gasteiger partial charge on any atom is 0.308 e. The fourth-order valence-corrected chi connectivity index (χ4v) is 3.42. The molecule has 0 radical (unpaired) electrons. The van der Waals surface area contributed by atoms with Crippen molar-refractivity contribution in [2.24, 2.45) is 5.92 Å². The number of hydrogen-bond donors (Lipinski definition) is 0. The van der Waals surface area contributed by atoms with E-state index in [1.165, 1.54) is 11.3 Å². The Bertz CT molecular complexity index is 931. The molecule has 0 spiro atoms. The molecular weight excluding hydrogens is 294 g/mol. The van der Waals surface area contributed by atoms with E-state index in [1.54, 1.807) is 18.3 Å². The third-order valence-corrected chi connectivity index (χ3v) is 4.36. The molecule has 0 bridgehead atoms. The zero-order valence-corrected chi connectivity index (χ0v) is 13.2. The van der Waals surface area contributed by atoms with Crippen LogP contribution in [0.25, 0.3) is 21.5 Å². The Kier molecular flexibility index (Phi) is 3.78. The van der Waals surface area contributed by atoms with Gasteiger partial charge < -0.3 is 0 Å². The number of hydrogen-bond acceptors (Lipinski definition) is 4. The number of pyridine rings is 1. The zero-order valence-electron chi connectivity index (χ0n) is 12.4. The molecule has 3 rings (SSSR count). The van der Waals surface area contributed by atoms with Crippen molar-refractivity contribution in [2.75, 3.05) is 0 Å². The second-order valence-electron chi connectivity index (χ2n) is 5.57. The van der Waals surface area contributed by atoms with Gasteiger partial charge in [-0.3, -0.25) is 14.3 Å². The van der Waals surface area contributed by atoms with Gasteiger partial charge in [0.25, 0.3) is 0 Å². The molecule has 0 fully saturated rings. The molecule has 110 valence electrons. The third-order valence-electron chi connectivity index (χ3n) is 3.42. The Labute approximate surface area is 132 Å². The van der Waals surface area contributed by atoms with E-state index in [4.69, 9.17) is 0 Å². The first-order chi connectivity index (χ1) is 10.6. The molecule has 22 heavy (non-hydrogen) atoms. The largest absolute Gasteiger partial charge is 0.308 e. The predicted molar refractivity (Wildman–Crippen MR) is 88.9 cm³/mol. The van der Waals surface area contributed by atoms with Crippen molar-refractivity contribution in [2.45, 2.75) is 20.4 Å². The van der Waals surface area contributed by atoms with E-state index >= 15 is 0 Å². The van der Waals surface area contributed by atoms with Crippen molar-refractivity contribution in [3.63, 3.8) is 0 Å². The summed E-state index contributed by atoms with van der Waals surface area (Å²) in [7, 11) is 0. The van der Waals surface area contributed by atoms with E-state index in [-0.39, 0.29) is 4.87 Å². The van der Waals surface area contributed by atoms with Crippen LogP contribution >= 0.6 is 11.3 Å². The Morgan fingerprint density at radius 1 is 1.36 bits per heavy atom. The SMILES string of the molecule is CC(C)Cn1c(=O)sc2cc(-c3ncccc3C#N)ccc21. The second-order valence-corrected chi connectivity index (χ2v) is 6.56. The number of fused-ring (bicyclic) bond motifs is 1. The highest BCUT2D eigenvalue weighted by molar-refractivity contribution is 7.16. The van der Waals surface area contributed by atoms with Crippen LogP contribution in [0.4, 0.5) is 0 Å². The lowest BCUT2D eigenvalue weighted by Gasteiger charge is -2.07. The fourth-order valence-electron chi connectivity index (χ4n) is 2.48. The molecule has 2 heterocycles. The van der Waals surface area contributed by atoms with E-state index in [1.807, 2.05) is 22.8 Å². The van der Waals surface area contributed by atoms with Gasteiger partial charge in [-0.2, -0.15) is 5.26 Å². The highest BCUT2D eigenvalue weighted by atomic mass is 32.1. The summed E-state index contributed by atoms with van der Waals surface area (Å²) in [5.74, 6) is 0.413. The first kappa shape index (κ1) is 14.5. The van der Waals surface area contributed by atoms with Crippen molar-refractivity contribution in [1.82, 2.24) is 9.55 Å². The van der Waals surface area contributed by atoms with E-state index in [0.29, 0.717) is 23.7 Å². The van der Waals surface area contributed by atoms with Gasteiger partial charge in [-0.15, -0.1) is 0 Å². The van der Waals surface area contributed by atoms with Gasteiger partial charge in [-0.1, -0.05) is 31.3 Å². The van der Waals surface area contributed by atoms with E-state index in [2.05, 4.69) is 24.9 Å². The molecule has 0 atom stereocenters. The zero-order chi connectivity index (χ0) is 15.7. The molecule has 4 nitrogen and oxygen atoms in total. The Balaban J connectivity index is 2.16. The maximum absolute atomic E-state index is 12.2. The van der Waals surface area contributed by atoms with Crippen LogP contribution in [0.5, 0.6) is 0 Å². The standard InChI is InChI=1S/C17H15N3OS/c1-11(2)10-20-14-6-5-12(8-15(14)22-17(20)21)16-13(9-18)4-3-7-19-16/h3-8,11H,10H2,1-2H3.